The molecule has 1 unspecified atom stereocenters. The number of nitrogens with zero attached hydrogens (tertiary/aromatic N) is 1. The van der Waals surface area contributed by atoms with Crippen molar-refractivity contribution in [3.63, 3.8) is 0 Å². The molecule has 1 N–H and O–H groups in total. The maximum absolute atomic E-state index is 5.11. The third-order valence-electron chi connectivity index (χ3n) is 1.55. The van der Waals surface area contributed by atoms with Crippen LogP contribution in [-0.2, 0) is 4.74 Å². The minimum absolute atomic E-state index is 0.152. The number of piperazine rings is 1. The summed E-state index contributed by atoms with van der Waals surface area (Å²) < 4.78 is 5.11. The maximum atomic E-state index is 5.11. The van der Waals surface area contributed by atoms with Gasteiger partial charge in [0, 0.05) is 20.2 Å². The summed E-state index contributed by atoms with van der Waals surface area (Å²) in [6, 6.07) is 0. The average Bonchev–Trinajstić information content (AvgIpc) is 1.89. The van der Waals surface area contributed by atoms with Crippen molar-refractivity contribution in [2.45, 2.75) is 6.23 Å². The quantitative estimate of drug-likeness (QED) is 0.524. The number of methoxy groups -OCH3 is 1. The van der Waals surface area contributed by atoms with E-state index in [4.69, 9.17) is 4.74 Å². The Morgan fingerprint density at radius 2 is 2.56 bits per heavy atom. The molecule has 0 amide bonds. The topological polar surface area (TPSA) is 24.5 Å². The Balaban J connectivity index is 2.30. The summed E-state index contributed by atoms with van der Waals surface area (Å²) >= 11 is 0. The standard InChI is InChI=1S/C6H13N2O/c1-8-4-3-7-5-6(8)9-2/h5-7H,3-4H2,1-2H3. The zero-order chi connectivity index (χ0) is 6.69. The van der Waals surface area contributed by atoms with Gasteiger partial charge in [0.25, 0.3) is 0 Å². The van der Waals surface area contributed by atoms with Gasteiger partial charge in [-0.05, 0) is 7.05 Å². The lowest BCUT2D eigenvalue weighted by atomic mass is 10.4. The van der Waals surface area contributed by atoms with Gasteiger partial charge in [0.05, 0.1) is 6.54 Å². The zero-order valence-electron chi connectivity index (χ0n) is 5.92. The van der Waals surface area contributed by atoms with E-state index < -0.39 is 0 Å². The van der Waals surface area contributed by atoms with Gasteiger partial charge >= 0.3 is 0 Å². The molecule has 1 aliphatic rings. The second kappa shape index (κ2) is 3.15. The SMILES string of the molecule is COC1[CH]NCCN1C. The number of nitrogens with one attached hydrogen (secondary N) is 1. The molecule has 0 aromatic carbocycles. The minimum atomic E-state index is 0.152. The van der Waals surface area contributed by atoms with E-state index in [1.807, 2.05) is 13.6 Å². The third kappa shape index (κ3) is 1.64. The van der Waals surface area contributed by atoms with Crippen molar-refractivity contribution in [3.05, 3.63) is 6.54 Å². The van der Waals surface area contributed by atoms with Gasteiger partial charge in [0.15, 0.2) is 0 Å². The normalized spacial score (nSPS) is 30.7. The summed E-state index contributed by atoms with van der Waals surface area (Å²) in [6.45, 7) is 4.04. The highest BCUT2D eigenvalue weighted by atomic mass is 16.5. The molecule has 0 bridgehead atoms. The van der Waals surface area contributed by atoms with Gasteiger partial charge in [-0.1, -0.05) is 0 Å². The lowest BCUT2D eigenvalue weighted by Crippen LogP contribution is -2.46. The molecule has 1 saturated heterocycles. The van der Waals surface area contributed by atoms with Crippen LogP contribution in [0.25, 0.3) is 0 Å². The van der Waals surface area contributed by atoms with Crippen molar-refractivity contribution in [3.8, 4) is 0 Å². The minimum Gasteiger partial charge on any atom is -0.365 e. The molecule has 0 saturated carbocycles. The number of ether oxygens (including phenoxy) is 1. The van der Waals surface area contributed by atoms with Gasteiger partial charge in [0.2, 0.25) is 0 Å². The van der Waals surface area contributed by atoms with E-state index >= 15 is 0 Å². The molecule has 1 radical (unpaired) electrons. The van der Waals surface area contributed by atoms with E-state index in [9.17, 15) is 0 Å². The van der Waals surface area contributed by atoms with Crippen molar-refractivity contribution in [1.82, 2.24) is 10.2 Å². The van der Waals surface area contributed by atoms with Gasteiger partial charge in [-0.25, -0.2) is 0 Å². The summed E-state index contributed by atoms with van der Waals surface area (Å²) in [5.41, 5.74) is 0. The lowest BCUT2D eigenvalue weighted by Gasteiger charge is -2.30. The van der Waals surface area contributed by atoms with Crippen LogP contribution >= 0.6 is 0 Å². The Kier molecular flexibility index (Phi) is 2.45. The molecule has 9 heavy (non-hydrogen) atoms. The Morgan fingerprint density at radius 3 is 3.00 bits per heavy atom. The molecule has 0 aromatic rings. The second-order valence-electron chi connectivity index (χ2n) is 2.23. The summed E-state index contributed by atoms with van der Waals surface area (Å²) in [5.74, 6) is 0. The first-order valence-corrected chi connectivity index (χ1v) is 3.14. The zero-order valence-corrected chi connectivity index (χ0v) is 5.92. The first-order chi connectivity index (χ1) is 4.34. The van der Waals surface area contributed by atoms with E-state index in [-0.39, 0.29) is 6.23 Å². The van der Waals surface area contributed by atoms with Crippen molar-refractivity contribution in [1.29, 1.82) is 0 Å². The van der Waals surface area contributed by atoms with Crippen LogP contribution in [0.5, 0.6) is 0 Å². The van der Waals surface area contributed by atoms with Crippen LogP contribution in [-0.4, -0.2) is 38.4 Å². The van der Waals surface area contributed by atoms with Gasteiger partial charge in [-0.3, -0.25) is 4.90 Å². The van der Waals surface area contributed by atoms with E-state index in [0.717, 1.165) is 13.1 Å². The average molecular weight is 129 g/mol. The molecule has 53 valence electrons. The fraction of sp³-hybridized carbons (Fsp3) is 0.833. The molecule has 1 atom stereocenters. The van der Waals surface area contributed by atoms with Crippen molar-refractivity contribution in [2.24, 2.45) is 0 Å². The molecule has 0 spiro atoms. The second-order valence-corrected chi connectivity index (χ2v) is 2.23. The number of likely N-dealkylation sites (N-methyl/N-ethyl adjacent to an activating group) is 1. The van der Waals surface area contributed by atoms with Crippen LogP contribution in [0.3, 0.4) is 0 Å². The van der Waals surface area contributed by atoms with E-state index in [1.165, 1.54) is 0 Å². The molecule has 1 aliphatic heterocycles. The van der Waals surface area contributed by atoms with Crippen LogP contribution in [0.2, 0.25) is 0 Å². The van der Waals surface area contributed by atoms with Crippen molar-refractivity contribution in [2.75, 3.05) is 27.2 Å². The highest BCUT2D eigenvalue weighted by Gasteiger charge is 2.16. The monoisotopic (exact) mass is 129 g/mol. The molecule has 0 aliphatic carbocycles. The first kappa shape index (κ1) is 6.99. The highest BCUT2D eigenvalue weighted by Crippen LogP contribution is 2.02. The number of hydrogen-bond donors (Lipinski definition) is 1. The van der Waals surface area contributed by atoms with E-state index in [2.05, 4.69) is 10.2 Å². The predicted octanol–water partition coefficient (Wildman–Crippen LogP) is -0.344. The van der Waals surface area contributed by atoms with Gasteiger partial charge in [0.1, 0.15) is 6.23 Å². The molecule has 1 heterocycles. The Hall–Kier alpha value is -0.120. The summed E-state index contributed by atoms with van der Waals surface area (Å²) in [6.07, 6.45) is 0.152. The van der Waals surface area contributed by atoms with Gasteiger partial charge in [-0.15, -0.1) is 0 Å². The largest absolute Gasteiger partial charge is 0.365 e. The molecular formula is C6H13N2O. The van der Waals surface area contributed by atoms with Crippen LogP contribution in [0, 0.1) is 6.54 Å². The molecule has 1 fully saturated rings. The fourth-order valence-electron chi connectivity index (χ4n) is 0.928. The molecule has 3 nitrogen and oxygen atoms in total. The predicted molar refractivity (Wildman–Crippen MR) is 35.7 cm³/mol. The van der Waals surface area contributed by atoms with Gasteiger partial charge in [-0.2, -0.15) is 0 Å². The van der Waals surface area contributed by atoms with Crippen LogP contribution < -0.4 is 5.32 Å². The molecule has 0 aromatic heterocycles. The Morgan fingerprint density at radius 1 is 1.78 bits per heavy atom. The Labute approximate surface area is 56.0 Å². The fourth-order valence-corrected chi connectivity index (χ4v) is 0.928. The smallest absolute Gasteiger partial charge is 0.127 e. The van der Waals surface area contributed by atoms with Crippen LogP contribution in [0.1, 0.15) is 0 Å². The van der Waals surface area contributed by atoms with Gasteiger partial charge < -0.3 is 10.1 Å². The summed E-state index contributed by atoms with van der Waals surface area (Å²) in [5, 5.41) is 3.12. The third-order valence-corrected chi connectivity index (χ3v) is 1.55. The number of rotatable bonds is 1. The molecule has 3 heteroatoms. The summed E-state index contributed by atoms with van der Waals surface area (Å²) in [4.78, 5) is 2.15. The number of hydrogen-bond acceptors (Lipinski definition) is 3. The van der Waals surface area contributed by atoms with Crippen LogP contribution in [0.4, 0.5) is 0 Å². The molecule has 1 rings (SSSR count). The summed E-state index contributed by atoms with van der Waals surface area (Å²) in [7, 11) is 3.76. The molecular weight excluding hydrogens is 116 g/mol. The van der Waals surface area contributed by atoms with E-state index in [0.29, 0.717) is 0 Å². The first-order valence-electron chi connectivity index (χ1n) is 3.14. The van der Waals surface area contributed by atoms with Crippen molar-refractivity contribution < 1.29 is 4.74 Å². The maximum Gasteiger partial charge on any atom is 0.127 e. The van der Waals surface area contributed by atoms with Crippen molar-refractivity contribution >= 4 is 0 Å². The van der Waals surface area contributed by atoms with Crippen LogP contribution in [0.15, 0.2) is 0 Å². The highest BCUT2D eigenvalue weighted by molar-refractivity contribution is 4.79. The Bertz CT molecular complexity index is 87.1. The van der Waals surface area contributed by atoms with E-state index in [1.54, 1.807) is 7.11 Å². The lowest BCUT2D eigenvalue weighted by molar-refractivity contribution is -0.00995.